The third-order valence-electron chi connectivity index (χ3n) is 5.21. The number of hydrogen-bond acceptors (Lipinski definition) is 4. The largest absolute Gasteiger partial charge is 0.421 e. The maximum Gasteiger partial charge on any atom is 0.333 e. The van der Waals surface area contributed by atoms with Crippen molar-refractivity contribution in [3.63, 3.8) is 0 Å². The molecule has 5 rings (SSSR count). The van der Waals surface area contributed by atoms with Crippen LogP contribution in [0.4, 0.5) is 0 Å². The van der Waals surface area contributed by atoms with Gasteiger partial charge in [-0.15, -0.1) is 0 Å². The lowest BCUT2D eigenvalue weighted by Gasteiger charge is -2.59. The highest BCUT2D eigenvalue weighted by atomic mass is 127. The average molecular weight is 362 g/mol. The van der Waals surface area contributed by atoms with Crippen LogP contribution in [0.15, 0.2) is 0 Å². The van der Waals surface area contributed by atoms with E-state index in [-0.39, 0.29) is 11.8 Å². The molecule has 1 heterocycles. The van der Waals surface area contributed by atoms with Crippen molar-refractivity contribution in [3.05, 3.63) is 0 Å². The minimum Gasteiger partial charge on any atom is -0.421 e. The van der Waals surface area contributed by atoms with Gasteiger partial charge in [-0.3, -0.25) is 9.59 Å². The van der Waals surface area contributed by atoms with Crippen molar-refractivity contribution in [1.29, 1.82) is 0 Å². The lowest BCUT2D eigenvalue weighted by molar-refractivity contribution is -0.317. The monoisotopic (exact) mass is 362 g/mol. The van der Waals surface area contributed by atoms with E-state index in [1.54, 1.807) is 22.6 Å². The summed E-state index contributed by atoms with van der Waals surface area (Å²) in [5, 5.41) is 0. The van der Waals surface area contributed by atoms with Gasteiger partial charge in [0.15, 0.2) is 0 Å². The number of carbonyl (C=O) groups is 2. The van der Waals surface area contributed by atoms with E-state index in [2.05, 4.69) is 0 Å². The summed E-state index contributed by atoms with van der Waals surface area (Å²) in [7, 11) is 0. The Kier molecular flexibility index (Phi) is 2.31. The Labute approximate surface area is 119 Å². The van der Waals surface area contributed by atoms with Crippen LogP contribution in [0.1, 0.15) is 32.1 Å². The van der Waals surface area contributed by atoms with Gasteiger partial charge in [0.05, 0.1) is 0 Å². The molecule has 4 aliphatic carbocycles. The number of rotatable bonds is 0. The van der Waals surface area contributed by atoms with Gasteiger partial charge in [0.2, 0.25) is 3.92 Å². The molecule has 98 valence electrons. The van der Waals surface area contributed by atoms with E-state index in [0.29, 0.717) is 0 Å². The Balaban J connectivity index is 1.71. The van der Waals surface area contributed by atoms with E-state index in [0.717, 1.165) is 37.5 Å². The van der Waals surface area contributed by atoms with Crippen LogP contribution in [0.2, 0.25) is 0 Å². The molecular formula is C13H15IO4. The lowest BCUT2D eigenvalue weighted by atomic mass is 9.53. The molecule has 0 N–H and O–H groups in total. The highest BCUT2D eigenvalue weighted by Crippen LogP contribution is 2.60. The van der Waals surface area contributed by atoms with Gasteiger partial charge in [0.1, 0.15) is 0 Å². The molecule has 0 aromatic heterocycles. The van der Waals surface area contributed by atoms with Gasteiger partial charge in [0.25, 0.3) is 5.79 Å². The Morgan fingerprint density at radius 3 is 1.78 bits per heavy atom. The molecule has 0 radical (unpaired) electrons. The normalized spacial score (nSPS) is 53.5. The fourth-order valence-corrected chi connectivity index (χ4v) is 4.96. The zero-order valence-corrected chi connectivity index (χ0v) is 12.1. The molecule has 18 heavy (non-hydrogen) atoms. The first-order chi connectivity index (χ1) is 8.58. The summed E-state index contributed by atoms with van der Waals surface area (Å²) in [6.07, 6.45) is 5.54. The molecule has 4 nitrogen and oxygen atoms in total. The van der Waals surface area contributed by atoms with Gasteiger partial charge in [-0.2, -0.15) is 0 Å². The smallest absolute Gasteiger partial charge is 0.333 e. The van der Waals surface area contributed by atoms with Gasteiger partial charge in [-0.1, -0.05) is 22.6 Å². The van der Waals surface area contributed by atoms with Gasteiger partial charge >= 0.3 is 11.9 Å². The van der Waals surface area contributed by atoms with Crippen molar-refractivity contribution >= 4 is 34.5 Å². The topological polar surface area (TPSA) is 52.6 Å². The predicted molar refractivity (Wildman–Crippen MR) is 69.8 cm³/mol. The second kappa shape index (κ2) is 3.61. The zero-order chi connectivity index (χ0) is 12.5. The molecule has 0 aromatic rings. The summed E-state index contributed by atoms with van der Waals surface area (Å²) in [5.41, 5.74) is 0. The third-order valence-corrected chi connectivity index (χ3v) is 6.23. The quantitative estimate of drug-likeness (QED) is 0.287. The molecule has 4 bridgehead atoms. The molecular weight excluding hydrogens is 347 g/mol. The number of ether oxygens (including phenoxy) is 2. The Morgan fingerprint density at radius 1 is 0.889 bits per heavy atom. The van der Waals surface area contributed by atoms with Crippen LogP contribution in [0.5, 0.6) is 0 Å². The summed E-state index contributed by atoms with van der Waals surface area (Å²) in [6, 6.07) is 0. The highest BCUT2D eigenvalue weighted by Gasteiger charge is 2.64. The molecule has 5 heteroatoms. The van der Waals surface area contributed by atoms with E-state index >= 15 is 0 Å². The second-order valence-electron chi connectivity index (χ2n) is 6.23. The van der Waals surface area contributed by atoms with Gasteiger partial charge < -0.3 is 9.47 Å². The molecule has 0 atom stereocenters. The summed E-state index contributed by atoms with van der Waals surface area (Å²) in [6.45, 7) is 0. The standard InChI is InChI=1S/C13H15IO4/c14-10-11(15)17-13(18-12(10)16)8-2-6-1-7(4-8)5-9(13)3-6/h6-10H,1-5H2. The molecule has 5 fully saturated rings. The average Bonchev–Trinajstić information content (AvgIpc) is 2.32. The minimum atomic E-state index is -0.900. The van der Waals surface area contributed by atoms with Gasteiger partial charge in [-0.05, 0) is 43.9 Å². The second-order valence-corrected chi connectivity index (χ2v) is 7.48. The van der Waals surface area contributed by atoms with E-state index in [1.807, 2.05) is 0 Å². The Bertz CT molecular complexity index is 385. The first kappa shape index (κ1) is 11.5. The molecule has 4 saturated carbocycles. The van der Waals surface area contributed by atoms with Crippen LogP contribution < -0.4 is 0 Å². The van der Waals surface area contributed by atoms with E-state index in [4.69, 9.17) is 9.47 Å². The van der Waals surface area contributed by atoms with Crippen molar-refractivity contribution in [2.24, 2.45) is 23.7 Å². The van der Waals surface area contributed by atoms with Crippen molar-refractivity contribution in [1.82, 2.24) is 0 Å². The highest BCUT2D eigenvalue weighted by molar-refractivity contribution is 14.1. The van der Waals surface area contributed by atoms with E-state index < -0.39 is 21.7 Å². The summed E-state index contributed by atoms with van der Waals surface area (Å²) < 4.78 is 10.5. The van der Waals surface area contributed by atoms with Crippen LogP contribution in [0.25, 0.3) is 0 Å². The van der Waals surface area contributed by atoms with Crippen LogP contribution in [-0.2, 0) is 19.1 Å². The molecule has 5 aliphatic rings. The van der Waals surface area contributed by atoms with Crippen molar-refractivity contribution in [2.45, 2.75) is 41.8 Å². The number of halogens is 1. The van der Waals surface area contributed by atoms with E-state index in [9.17, 15) is 9.59 Å². The van der Waals surface area contributed by atoms with Crippen molar-refractivity contribution in [3.8, 4) is 0 Å². The van der Waals surface area contributed by atoms with E-state index in [1.165, 1.54) is 6.42 Å². The fourth-order valence-electron chi connectivity index (χ4n) is 4.71. The molecule has 0 aromatic carbocycles. The summed E-state index contributed by atoms with van der Waals surface area (Å²) >= 11 is 1.80. The van der Waals surface area contributed by atoms with Crippen molar-refractivity contribution in [2.75, 3.05) is 0 Å². The molecule has 1 spiro atoms. The third kappa shape index (κ3) is 1.37. The Hall–Kier alpha value is -0.330. The van der Waals surface area contributed by atoms with Crippen LogP contribution in [0.3, 0.4) is 0 Å². The fraction of sp³-hybridized carbons (Fsp3) is 0.846. The number of carbonyl (C=O) groups excluding carboxylic acids is 2. The minimum absolute atomic E-state index is 0.241. The maximum absolute atomic E-state index is 11.9. The molecule has 1 saturated heterocycles. The molecule has 0 unspecified atom stereocenters. The van der Waals surface area contributed by atoms with Crippen molar-refractivity contribution < 1.29 is 19.1 Å². The van der Waals surface area contributed by atoms with Crippen LogP contribution in [-0.4, -0.2) is 21.7 Å². The predicted octanol–water partition coefficient (Wildman–Crippen LogP) is 2.04. The summed E-state index contributed by atoms with van der Waals surface area (Å²) in [4.78, 5) is 23.7. The maximum atomic E-state index is 11.9. The summed E-state index contributed by atoms with van der Waals surface area (Å²) in [5.74, 6) is 0.291. The van der Waals surface area contributed by atoms with Crippen LogP contribution >= 0.6 is 22.6 Å². The molecule has 0 amide bonds. The van der Waals surface area contributed by atoms with Gasteiger partial charge in [-0.25, -0.2) is 0 Å². The molecule has 1 aliphatic heterocycles. The Morgan fingerprint density at radius 2 is 1.33 bits per heavy atom. The van der Waals surface area contributed by atoms with Gasteiger partial charge in [0, 0.05) is 11.8 Å². The number of esters is 2. The number of hydrogen-bond donors (Lipinski definition) is 0. The number of alkyl halides is 1. The first-order valence-electron chi connectivity index (χ1n) is 6.68. The van der Waals surface area contributed by atoms with Crippen LogP contribution in [0, 0.1) is 23.7 Å². The SMILES string of the molecule is O=C1OC2(OC(=O)C1I)C1CC3CC(C1)CC2C3. The zero-order valence-electron chi connectivity index (χ0n) is 9.93. The lowest BCUT2D eigenvalue weighted by Crippen LogP contribution is -2.65. The first-order valence-corrected chi connectivity index (χ1v) is 7.93.